The van der Waals surface area contributed by atoms with E-state index >= 15 is 0 Å². The standard InChI is InChI=1S/C21H15NO/c22-15-20-9-5-4-8-19(20)14-16-10-12-18(13-11-16)21(23)17-6-2-1-3-7-17/h1-13H,14H2. The van der Waals surface area contributed by atoms with Gasteiger partial charge in [-0.25, -0.2) is 0 Å². The van der Waals surface area contributed by atoms with E-state index < -0.39 is 0 Å². The first-order valence-corrected chi connectivity index (χ1v) is 7.44. The first-order chi connectivity index (χ1) is 11.3. The molecule has 0 unspecified atom stereocenters. The summed E-state index contributed by atoms with van der Waals surface area (Å²) in [6.07, 6.45) is 0.684. The van der Waals surface area contributed by atoms with Crippen LogP contribution in [0, 0.1) is 11.3 Å². The Morgan fingerprint density at radius 2 is 1.39 bits per heavy atom. The lowest BCUT2D eigenvalue weighted by atomic mass is 9.97. The van der Waals surface area contributed by atoms with Crippen molar-refractivity contribution in [2.75, 3.05) is 0 Å². The fourth-order valence-electron chi connectivity index (χ4n) is 2.53. The van der Waals surface area contributed by atoms with Crippen molar-refractivity contribution in [1.29, 1.82) is 5.26 Å². The van der Waals surface area contributed by atoms with Crippen molar-refractivity contribution < 1.29 is 4.79 Å². The second-order valence-electron chi connectivity index (χ2n) is 5.34. The van der Waals surface area contributed by atoms with Crippen LogP contribution >= 0.6 is 0 Å². The van der Waals surface area contributed by atoms with Crippen LogP contribution in [-0.2, 0) is 6.42 Å². The fraction of sp³-hybridized carbons (Fsp3) is 0.0476. The van der Waals surface area contributed by atoms with Crippen molar-refractivity contribution >= 4 is 5.78 Å². The third-order valence-electron chi connectivity index (χ3n) is 3.78. The predicted molar refractivity (Wildman–Crippen MR) is 90.3 cm³/mol. The molecule has 110 valence electrons. The van der Waals surface area contributed by atoms with E-state index in [1.807, 2.05) is 78.9 Å². The van der Waals surface area contributed by atoms with Crippen molar-refractivity contribution in [3.05, 3.63) is 107 Å². The van der Waals surface area contributed by atoms with E-state index in [1.165, 1.54) is 0 Å². The number of carbonyl (C=O) groups excluding carboxylic acids is 1. The molecule has 3 aromatic carbocycles. The summed E-state index contributed by atoms with van der Waals surface area (Å²) in [6, 6.07) is 26.6. The van der Waals surface area contributed by atoms with Gasteiger partial charge in [0.1, 0.15) is 0 Å². The number of benzene rings is 3. The number of nitrogens with zero attached hydrogens (tertiary/aromatic N) is 1. The number of hydrogen-bond donors (Lipinski definition) is 0. The maximum atomic E-state index is 12.4. The minimum Gasteiger partial charge on any atom is -0.289 e. The normalized spacial score (nSPS) is 10.0. The van der Waals surface area contributed by atoms with Gasteiger partial charge in [0, 0.05) is 11.1 Å². The Morgan fingerprint density at radius 3 is 2.09 bits per heavy atom. The molecular formula is C21H15NO. The zero-order chi connectivity index (χ0) is 16.1. The summed E-state index contributed by atoms with van der Waals surface area (Å²) in [7, 11) is 0. The van der Waals surface area contributed by atoms with Crippen LogP contribution < -0.4 is 0 Å². The molecular weight excluding hydrogens is 282 g/mol. The van der Waals surface area contributed by atoms with Gasteiger partial charge in [-0.05, 0) is 23.6 Å². The van der Waals surface area contributed by atoms with Gasteiger partial charge < -0.3 is 0 Å². The van der Waals surface area contributed by atoms with Crippen LogP contribution in [0.3, 0.4) is 0 Å². The molecule has 3 rings (SSSR count). The Kier molecular flexibility index (Phi) is 4.31. The van der Waals surface area contributed by atoms with Gasteiger partial charge in [0.15, 0.2) is 5.78 Å². The van der Waals surface area contributed by atoms with Crippen LogP contribution in [0.2, 0.25) is 0 Å². The highest BCUT2D eigenvalue weighted by atomic mass is 16.1. The van der Waals surface area contributed by atoms with Crippen LogP contribution in [0.15, 0.2) is 78.9 Å². The average molecular weight is 297 g/mol. The first-order valence-electron chi connectivity index (χ1n) is 7.44. The minimum atomic E-state index is 0.0228. The molecule has 0 radical (unpaired) electrons. The van der Waals surface area contributed by atoms with Gasteiger partial charge in [0.05, 0.1) is 11.6 Å². The molecule has 0 aromatic heterocycles. The number of ketones is 1. The Labute approximate surface area is 135 Å². The van der Waals surface area contributed by atoms with Crippen LogP contribution in [-0.4, -0.2) is 5.78 Å². The van der Waals surface area contributed by atoms with Crippen molar-refractivity contribution in [2.24, 2.45) is 0 Å². The van der Waals surface area contributed by atoms with Crippen LogP contribution in [0.25, 0.3) is 0 Å². The number of rotatable bonds is 4. The second-order valence-corrected chi connectivity index (χ2v) is 5.34. The van der Waals surface area contributed by atoms with Gasteiger partial charge in [-0.1, -0.05) is 72.8 Å². The molecule has 0 aliphatic heterocycles. The summed E-state index contributed by atoms with van der Waals surface area (Å²) in [6.45, 7) is 0. The number of hydrogen-bond acceptors (Lipinski definition) is 2. The first kappa shape index (κ1) is 14.7. The quantitative estimate of drug-likeness (QED) is 0.670. The lowest BCUT2D eigenvalue weighted by Gasteiger charge is -2.06. The third-order valence-corrected chi connectivity index (χ3v) is 3.78. The lowest BCUT2D eigenvalue weighted by Crippen LogP contribution is -2.01. The molecule has 0 bridgehead atoms. The van der Waals surface area contributed by atoms with E-state index in [1.54, 1.807) is 0 Å². The maximum Gasteiger partial charge on any atom is 0.193 e. The summed E-state index contributed by atoms with van der Waals surface area (Å²) in [5, 5.41) is 9.14. The highest BCUT2D eigenvalue weighted by Crippen LogP contribution is 2.16. The fourth-order valence-corrected chi connectivity index (χ4v) is 2.53. The Bertz CT molecular complexity index is 858. The van der Waals surface area contributed by atoms with E-state index in [2.05, 4.69) is 6.07 Å². The number of nitriles is 1. The third kappa shape index (κ3) is 3.36. The summed E-state index contributed by atoms with van der Waals surface area (Å²) in [4.78, 5) is 12.4. The molecule has 0 aliphatic rings. The molecule has 0 atom stereocenters. The molecule has 0 aliphatic carbocycles. The van der Waals surface area contributed by atoms with Gasteiger partial charge in [-0.2, -0.15) is 5.26 Å². The smallest absolute Gasteiger partial charge is 0.193 e. The Balaban J connectivity index is 1.80. The maximum absolute atomic E-state index is 12.4. The summed E-state index contributed by atoms with van der Waals surface area (Å²) in [5.41, 5.74) is 4.13. The van der Waals surface area contributed by atoms with Gasteiger partial charge in [0.2, 0.25) is 0 Å². The van der Waals surface area contributed by atoms with E-state index in [4.69, 9.17) is 5.26 Å². The second kappa shape index (κ2) is 6.72. The molecule has 0 heterocycles. The van der Waals surface area contributed by atoms with Gasteiger partial charge in [-0.15, -0.1) is 0 Å². The monoisotopic (exact) mass is 297 g/mol. The van der Waals surface area contributed by atoms with Crippen molar-refractivity contribution in [3.63, 3.8) is 0 Å². The van der Waals surface area contributed by atoms with Crippen LogP contribution in [0.1, 0.15) is 32.6 Å². The zero-order valence-electron chi connectivity index (χ0n) is 12.6. The highest BCUT2D eigenvalue weighted by molar-refractivity contribution is 6.08. The molecule has 3 aromatic rings. The van der Waals surface area contributed by atoms with Crippen LogP contribution in [0.4, 0.5) is 0 Å². The number of carbonyl (C=O) groups is 1. The van der Waals surface area contributed by atoms with E-state index in [0.717, 1.165) is 11.1 Å². The molecule has 0 spiro atoms. The molecule has 2 heteroatoms. The van der Waals surface area contributed by atoms with Crippen molar-refractivity contribution in [2.45, 2.75) is 6.42 Å². The van der Waals surface area contributed by atoms with Crippen molar-refractivity contribution in [3.8, 4) is 6.07 Å². The molecule has 0 saturated heterocycles. The molecule has 0 N–H and O–H groups in total. The molecule has 0 amide bonds. The minimum absolute atomic E-state index is 0.0228. The SMILES string of the molecule is N#Cc1ccccc1Cc1ccc(C(=O)c2ccccc2)cc1. The molecule has 0 fully saturated rings. The van der Waals surface area contributed by atoms with Gasteiger partial charge in [-0.3, -0.25) is 4.79 Å². The summed E-state index contributed by atoms with van der Waals surface area (Å²) < 4.78 is 0. The largest absolute Gasteiger partial charge is 0.289 e. The Hall–Kier alpha value is -3.18. The van der Waals surface area contributed by atoms with E-state index in [0.29, 0.717) is 23.1 Å². The summed E-state index contributed by atoms with van der Waals surface area (Å²) >= 11 is 0. The van der Waals surface area contributed by atoms with Crippen LogP contribution in [0.5, 0.6) is 0 Å². The van der Waals surface area contributed by atoms with Gasteiger partial charge >= 0.3 is 0 Å². The topological polar surface area (TPSA) is 40.9 Å². The van der Waals surface area contributed by atoms with Gasteiger partial charge in [0.25, 0.3) is 0 Å². The molecule has 0 saturated carbocycles. The Morgan fingerprint density at radius 1 is 0.783 bits per heavy atom. The summed E-state index contributed by atoms with van der Waals surface area (Å²) in [5.74, 6) is 0.0228. The molecule has 2 nitrogen and oxygen atoms in total. The zero-order valence-corrected chi connectivity index (χ0v) is 12.6. The van der Waals surface area contributed by atoms with Crippen molar-refractivity contribution in [1.82, 2.24) is 0 Å². The lowest BCUT2D eigenvalue weighted by molar-refractivity contribution is 0.103. The average Bonchev–Trinajstić information content (AvgIpc) is 2.63. The molecule has 23 heavy (non-hydrogen) atoms. The highest BCUT2D eigenvalue weighted by Gasteiger charge is 2.08. The van der Waals surface area contributed by atoms with E-state index in [9.17, 15) is 4.79 Å². The van der Waals surface area contributed by atoms with E-state index in [-0.39, 0.29) is 5.78 Å². The predicted octanol–water partition coefficient (Wildman–Crippen LogP) is 4.38.